The third-order valence-corrected chi connectivity index (χ3v) is 3.31. The highest BCUT2D eigenvalue weighted by atomic mass is 19.1. The van der Waals surface area contributed by atoms with E-state index in [0.29, 0.717) is 17.1 Å². The Balaban J connectivity index is 2.48. The van der Waals surface area contributed by atoms with Crippen LogP contribution in [-0.2, 0) is 6.54 Å². The van der Waals surface area contributed by atoms with Gasteiger partial charge in [-0.1, -0.05) is 25.0 Å². The third-order valence-electron chi connectivity index (χ3n) is 3.31. The number of nitrogens with zero attached hydrogens (tertiary/aromatic N) is 2. The molecule has 0 aliphatic carbocycles. The maximum atomic E-state index is 13.9. The van der Waals surface area contributed by atoms with Crippen LogP contribution in [-0.4, -0.2) is 9.55 Å². The summed E-state index contributed by atoms with van der Waals surface area (Å²) in [6.07, 6.45) is 2.13. The molecular weight excluding hydrogens is 241 g/mol. The fraction of sp³-hybridized carbons (Fsp3) is 0.400. The second-order valence-corrected chi connectivity index (χ2v) is 4.88. The van der Waals surface area contributed by atoms with E-state index in [-0.39, 0.29) is 5.82 Å². The van der Waals surface area contributed by atoms with Crippen LogP contribution in [0.15, 0.2) is 18.2 Å². The number of nitrogen functional groups attached to an aromatic ring is 1. The van der Waals surface area contributed by atoms with Gasteiger partial charge < -0.3 is 10.3 Å². The van der Waals surface area contributed by atoms with E-state index in [1.807, 2.05) is 18.4 Å². The maximum absolute atomic E-state index is 13.9. The first-order valence-electron chi connectivity index (χ1n) is 6.63. The molecule has 0 atom stereocenters. The van der Waals surface area contributed by atoms with Crippen LogP contribution in [0, 0.1) is 19.7 Å². The Hall–Kier alpha value is -1.84. The van der Waals surface area contributed by atoms with E-state index in [1.165, 1.54) is 6.07 Å². The molecule has 102 valence electrons. The molecule has 0 saturated heterocycles. The van der Waals surface area contributed by atoms with Gasteiger partial charge in [-0.3, -0.25) is 0 Å². The molecule has 0 spiro atoms. The molecule has 19 heavy (non-hydrogen) atoms. The van der Waals surface area contributed by atoms with Gasteiger partial charge in [-0.15, -0.1) is 0 Å². The fourth-order valence-corrected chi connectivity index (χ4v) is 2.20. The third kappa shape index (κ3) is 2.62. The molecule has 4 heteroatoms. The van der Waals surface area contributed by atoms with Gasteiger partial charge in [0.25, 0.3) is 0 Å². The van der Waals surface area contributed by atoms with Gasteiger partial charge in [0.15, 0.2) is 0 Å². The van der Waals surface area contributed by atoms with Crippen molar-refractivity contribution in [3.05, 3.63) is 35.4 Å². The van der Waals surface area contributed by atoms with Crippen molar-refractivity contribution in [2.24, 2.45) is 0 Å². The molecule has 2 aromatic rings. The number of hydrogen-bond acceptors (Lipinski definition) is 2. The molecule has 0 radical (unpaired) electrons. The zero-order valence-electron chi connectivity index (χ0n) is 11.7. The normalized spacial score (nSPS) is 10.9. The number of unbranched alkanes of at least 4 members (excludes halogenated alkanes) is 1. The van der Waals surface area contributed by atoms with Gasteiger partial charge in [0.2, 0.25) is 0 Å². The lowest BCUT2D eigenvalue weighted by atomic mass is 10.1. The zero-order valence-corrected chi connectivity index (χ0v) is 11.7. The van der Waals surface area contributed by atoms with Gasteiger partial charge in [0, 0.05) is 12.1 Å². The summed E-state index contributed by atoms with van der Waals surface area (Å²) in [5.41, 5.74) is 8.16. The average molecular weight is 261 g/mol. The van der Waals surface area contributed by atoms with Crippen molar-refractivity contribution in [2.45, 2.75) is 40.2 Å². The van der Waals surface area contributed by atoms with Crippen LogP contribution in [0.3, 0.4) is 0 Å². The summed E-state index contributed by atoms with van der Waals surface area (Å²) in [5.74, 6) is 1.11. The molecule has 1 aromatic heterocycles. The topological polar surface area (TPSA) is 43.8 Å². The Bertz CT molecular complexity index is 587. The van der Waals surface area contributed by atoms with Crippen LogP contribution >= 0.6 is 0 Å². The minimum absolute atomic E-state index is 0.280. The van der Waals surface area contributed by atoms with Crippen molar-refractivity contribution in [3.63, 3.8) is 0 Å². The van der Waals surface area contributed by atoms with Crippen LogP contribution in [0.25, 0.3) is 11.3 Å². The lowest BCUT2D eigenvalue weighted by molar-refractivity contribution is 0.622. The van der Waals surface area contributed by atoms with Crippen molar-refractivity contribution < 1.29 is 4.39 Å². The SMILES string of the molecule is CCCCn1c(C)nc(-c2cc(C)ccc2F)c1N. The van der Waals surface area contributed by atoms with Gasteiger partial charge >= 0.3 is 0 Å². The van der Waals surface area contributed by atoms with E-state index in [9.17, 15) is 4.39 Å². The highest BCUT2D eigenvalue weighted by molar-refractivity contribution is 5.72. The molecule has 0 unspecified atom stereocenters. The van der Waals surface area contributed by atoms with E-state index >= 15 is 0 Å². The van der Waals surface area contributed by atoms with Gasteiger partial charge in [0.05, 0.1) is 0 Å². The van der Waals surface area contributed by atoms with Crippen LogP contribution in [0.1, 0.15) is 31.2 Å². The Labute approximate surface area is 113 Å². The fourth-order valence-electron chi connectivity index (χ4n) is 2.20. The molecule has 0 aliphatic heterocycles. The minimum Gasteiger partial charge on any atom is -0.383 e. The summed E-state index contributed by atoms with van der Waals surface area (Å²) < 4.78 is 15.9. The van der Waals surface area contributed by atoms with Crippen molar-refractivity contribution in [2.75, 3.05) is 5.73 Å². The first kappa shape index (κ1) is 13.6. The molecule has 0 saturated carbocycles. The van der Waals surface area contributed by atoms with E-state index in [4.69, 9.17) is 5.73 Å². The van der Waals surface area contributed by atoms with Crippen LogP contribution in [0.4, 0.5) is 10.2 Å². The number of rotatable bonds is 4. The standard InChI is InChI=1S/C15H20FN3/c1-4-5-8-19-11(3)18-14(15(19)17)12-9-10(2)6-7-13(12)16/h6-7,9H,4-5,8,17H2,1-3H3. The highest BCUT2D eigenvalue weighted by Crippen LogP contribution is 2.29. The number of nitrogens with two attached hydrogens (primary N) is 1. The van der Waals surface area contributed by atoms with Crippen molar-refractivity contribution in [1.29, 1.82) is 0 Å². The maximum Gasteiger partial charge on any atom is 0.132 e. The van der Waals surface area contributed by atoms with Gasteiger partial charge in [-0.05, 0) is 32.4 Å². The summed E-state index contributed by atoms with van der Waals surface area (Å²) in [4.78, 5) is 4.43. The summed E-state index contributed by atoms with van der Waals surface area (Å²) in [7, 11) is 0. The monoisotopic (exact) mass is 261 g/mol. The highest BCUT2D eigenvalue weighted by Gasteiger charge is 2.16. The number of anilines is 1. The van der Waals surface area contributed by atoms with Crippen LogP contribution in [0.5, 0.6) is 0 Å². The smallest absolute Gasteiger partial charge is 0.132 e. The van der Waals surface area contributed by atoms with Crippen LogP contribution < -0.4 is 5.73 Å². The number of aryl methyl sites for hydroxylation is 2. The predicted octanol–water partition coefficient (Wildman–Crippen LogP) is 3.69. The van der Waals surface area contributed by atoms with Crippen molar-refractivity contribution in [1.82, 2.24) is 9.55 Å². The molecule has 2 rings (SSSR count). The van der Waals surface area contributed by atoms with E-state index in [2.05, 4.69) is 11.9 Å². The summed E-state index contributed by atoms with van der Waals surface area (Å²) in [5, 5.41) is 0. The first-order chi connectivity index (χ1) is 9.04. The summed E-state index contributed by atoms with van der Waals surface area (Å²) >= 11 is 0. The molecule has 1 heterocycles. The number of aromatic nitrogens is 2. The van der Waals surface area contributed by atoms with Crippen LogP contribution in [0.2, 0.25) is 0 Å². The second-order valence-electron chi connectivity index (χ2n) is 4.88. The number of benzene rings is 1. The second kappa shape index (κ2) is 5.43. The Morgan fingerprint density at radius 3 is 2.74 bits per heavy atom. The van der Waals surface area contributed by atoms with E-state index in [0.717, 1.165) is 30.8 Å². The molecule has 0 fully saturated rings. The number of imidazole rings is 1. The van der Waals surface area contributed by atoms with Crippen molar-refractivity contribution in [3.8, 4) is 11.3 Å². The van der Waals surface area contributed by atoms with Crippen molar-refractivity contribution >= 4 is 5.82 Å². The molecular formula is C15H20FN3. The molecule has 2 N–H and O–H groups in total. The Morgan fingerprint density at radius 1 is 1.32 bits per heavy atom. The average Bonchev–Trinajstić information content (AvgIpc) is 2.66. The molecule has 3 nitrogen and oxygen atoms in total. The largest absolute Gasteiger partial charge is 0.383 e. The number of hydrogen-bond donors (Lipinski definition) is 1. The zero-order chi connectivity index (χ0) is 14.0. The first-order valence-corrected chi connectivity index (χ1v) is 6.63. The number of halogens is 1. The summed E-state index contributed by atoms with van der Waals surface area (Å²) in [6, 6.07) is 5.00. The quantitative estimate of drug-likeness (QED) is 0.912. The van der Waals surface area contributed by atoms with E-state index in [1.54, 1.807) is 12.1 Å². The van der Waals surface area contributed by atoms with E-state index < -0.39 is 0 Å². The van der Waals surface area contributed by atoms with Gasteiger partial charge in [0.1, 0.15) is 23.2 Å². The Morgan fingerprint density at radius 2 is 2.05 bits per heavy atom. The predicted molar refractivity (Wildman–Crippen MR) is 76.4 cm³/mol. The molecule has 0 aliphatic rings. The van der Waals surface area contributed by atoms with Gasteiger partial charge in [-0.25, -0.2) is 9.37 Å². The summed E-state index contributed by atoms with van der Waals surface area (Å²) in [6.45, 7) is 6.79. The lowest BCUT2D eigenvalue weighted by Gasteiger charge is -2.07. The minimum atomic E-state index is -0.280. The molecule has 0 amide bonds. The molecule has 0 bridgehead atoms. The Kier molecular flexibility index (Phi) is 3.88. The van der Waals surface area contributed by atoms with Gasteiger partial charge in [-0.2, -0.15) is 0 Å². The lowest BCUT2D eigenvalue weighted by Crippen LogP contribution is -2.05. The molecule has 1 aromatic carbocycles.